The number of ether oxygens (including phenoxy) is 1. The summed E-state index contributed by atoms with van der Waals surface area (Å²) in [6.45, 7) is 3.97. The second-order valence-corrected chi connectivity index (χ2v) is 4.00. The molecule has 1 unspecified atom stereocenters. The molecular formula is C12H16N4O2. The molecule has 6 heteroatoms. The van der Waals surface area contributed by atoms with Crippen LogP contribution in [0.2, 0.25) is 0 Å². The number of aromatic nitrogens is 3. The van der Waals surface area contributed by atoms with Gasteiger partial charge in [0.15, 0.2) is 0 Å². The Hall–Kier alpha value is -1.95. The van der Waals surface area contributed by atoms with Gasteiger partial charge >= 0.3 is 5.97 Å². The summed E-state index contributed by atoms with van der Waals surface area (Å²) in [6.07, 6.45) is 3.92. The van der Waals surface area contributed by atoms with Gasteiger partial charge in [0.05, 0.1) is 12.3 Å². The van der Waals surface area contributed by atoms with Crippen LogP contribution in [-0.2, 0) is 16.0 Å². The predicted octanol–water partition coefficient (Wildman–Crippen LogP) is 0.471. The molecule has 0 radical (unpaired) electrons. The number of nitrogens with zero attached hydrogens (tertiary/aromatic N) is 3. The van der Waals surface area contributed by atoms with E-state index in [4.69, 9.17) is 10.5 Å². The number of nitrogens with two attached hydrogens (primary N) is 1. The van der Waals surface area contributed by atoms with Gasteiger partial charge in [-0.3, -0.25) is 9.20 Å². The molecule has 2 N–H and O–H groups in total. The Morgan fingerprint density at radius 1 is 1.61 bits per heavy atom. The summed E-state index contributed by atoms with van der Waals surface area (Å²) < 4.78 is 6.74. The van der Waals surface area contributed by atoms with Crippen LogP contribution in [0.3, 0.4) is 0 Å². The fourth-order valence-corrected chi connectivity index (χ4v) is 1.83. The smallest absolute Gasteiger partial charge is 0.323 e. The summed E-state index contributed by atoms with van der Waals surface area (Å²) in [5.74, 6) is 0.219. The third-order valence-electron chi connectivity index (χ3n) is 2.71. The van der Waals surface area contributed by atoms with Crippen molar-refractivity contribution in [3.05, 3.63) is 29.8 Å². The lowest BCUT2D eigenvalue weighted by Crippen LogP contribution is -2.35. The Labute approximate surface area is 105 Å². The van der Waals surface area contributed by atoms with Crippen LogP contribution in [0.15, 0.2) is 18.5 Å². The molecule has 2 aromatic heterocycles. The van der Waals surface area contributed by atoms with Crippen LogP contribution in [0.4, 0.5) is 0 Å². The molecule has 0 saturated carbocycles. The molecular weight excluding hydrogens is 232 g/mol. The number of carbonyl (C=O) groups excluding carboxylic acids is 1. The number of hydrogen-bond donors (Lipinski definition) is 1. The zero-order chi connectivity index (χ0) is 13.1. The first-order valence-electron chi connectivity index (χ1n) is 5.84. The van der Waals surface area contributed by atoms with Crippen molar-refractivity contribution in [1.82, 2.24) is 14.4 Å². The molecule has 0 amide bonds. The van der Waals surface area contributed by atoms with Crippen LogP contribution in [0, 0.1) is 6.92 Å². The normalized spacial score (nSPS) is 12.6. The first-order chi connectivity index (χ1) is 8.63. The van der Waals surface area contributed by atoms with Gasteiger partial charge in [-0.25, -0.2) is 9.97 Å². The Balaban J connectivity index is 2.26. The maximum atomic E-state index is 11.5. The highest BCUT2D eigenvalue weighted by atomic mass is 16.5. The number of carbonyl (C=O) groups is 1. The molecule has 2 heterocycles. The fraction of sp³-hybridized carbons (Fsp3) is 0.417. The molecule has 0 aromatic carbocycles. The number of aryl methyl sites for hydroxylation is 1. The van der Waals surface area contributed by atoms with E-state index in [9.17, 15) is 4.79 Å². The molecule has 1 atom stereocenters. The van der Waals surface area contributed by atoms with Gasteiger partial charge in [-0.1, -0.05) is 0 Å². The molecule has 0 fully saturated rings. The summed E-state index contributed by atoms with van der Waals surface area (Å²) in [7, 11) is 0. The third kappa shape index (κ3) is 2.33. The Morgan fingerprint density at radius 2 is 2.39 bits per heavy atom. The van der Waals surface area contributed by atoms with Crippen molar-refractivity contribution in [1.29, 1.82) is 0 Å². The summed E-state index contributed by atoms with van der Waals surface area (Å²) in [5, 5.41) is 0. The van der Waals surface area contributed by atoms with E-state index in [1.807, 2.05) is 23.6 Å². The van der Waals surface area contributed by atoms with Gasteiger partial charge < -0.3 is 10.5 Å². The summed E-state index contributed by atoms with van der Waals surface area (Å²) in [6, 6.07) is 1.14. The van der Waals surface area contributed by atoms with Crippen molar-refractivity contribution >= 4 is 11.7 Å². The molecule has 0 aliphatic rings. The predicted molar refractivity (Wildman–Crippen MR) is 66.0 cm³/mol. The van der Waals surface area contributed by atoms with Gasteiger partial charge in [0.2, 0.25) is 5.78 Å². The maximum Gasteiger partial charge on any atom is 0.323 e. The van der Waals surface area contributed by atoms with Gasteiger partial charge in [0.1, 0.15) is 6.04 Å². The minimum absolute atomic E-state index is 0.334. The van der Waals surface area contributed by atoms with E-state index in [0.717, 1.165) is 11.4 Å². The van der Waals surface area contributed by atoms with E-state index < -0.39 is 12.0 Å². The SMILES string of the molecule is CCOC(=O)C(N)Cc1c(C)nc2ncccn12. The number of imidazole rings is 1. The van der Waals surface area contributed by atoms with Crippen molar-refractivity contribution in [2.24, 2.45) is 5.73 Å². The van der Waals surface area contributed by atoms with Crippen molar-refractivity contribution in [2.75, 3.05) is 6.61 Å². The van der Waals surface area contributed by atoms with Gasteiger partial charge in [-0.2, -0.15) is 0 Å². The monoisotopic (exact) mass is 248 g/mol. The van der Waals surface area contributed by atoms with Crippen LogP contribution in [0.1, 0.15) is 18.3 Å². The molecule has 0 aliphatic heterocycles. The standard InChI is InChI=1S/C12H16N4O2/c1-3-18-11(17)9(13)7-10-8(2)15-12-14-5-4-6-16(10)12/h4-6,9H,3,7,13H2,1-2H3. The zero-order valence-corrected chi connectivity index (χ0v) is 10.5. The van der Waals surface area contributed by atoms with Crippen LogP contribution in [-0.4, -0.2) is 33.0 Å². The topological polar surface area (TPSA) is 82.5 Å². The van der Waals surface area contributed by atoms with E-state index >= 15 is 0 Å². The molecule has 0 spiro atoms. The quantitative estimate of drug-likeness (QED) is 0.795. The molecule has 6 nitrogen and oxygen atoms in total. The van der Waals surface area contributed by atoms with Crippen LogP contribution in [0.25, 0.3) is 5.78 Å². The van der Waals surface area contributed by atoms with E-state index in [-0.39, 0.29) is 0 Å². The minimum atomic E-state index is -0.677. The first-order valence-corrected chi connectivity index (χ1v) is 5.84. The molecule has 0 bridgehead atoms. The largest absolute Gasteiger partial charge is 0.465 e. The number of rotatable bonds is 4. The highest BCUT2D eigenvalue weighted by molar-refractivity contribution is 5.75. The lowest BCUT2D eigenvalue weighted by molar-refractivity contribution is -0.144. The van der Waals surface area contributed by atoms with E-state index in [2.05, 4.69) is 9.97 Å². The fourth-order valence-electron chi connectivity index (χ4n) is 1.83. The molecule has 2 aromatic rings. The third-order valence-corrected chi connectivity index (χ3v) is 2.71. The molecule has 0 aliphatic carbocycles. The summed E-state index contributed by atoms with van der Waals surface area (Å²) >= 11 is 0. The lowest BCUT2D eigenvalue weighted by atomic mass is 10.1. The van der Waals surface area contributed by atoms with E-state index in [1.165, 1.54) is 0 Å². The van der Waals surface area contributed by atoms with Gasteiger partial charge in [-0.15, -0.1) is 0 Å². The Kier molecular flexibility index (Phi) is 3.57. The molecule has 96 valence electrons. The first kappa shape index (κ1) is 12.5. The zero-order valence-electron chi connectivity index (χ0n) is 10.5. The Bertz CT molecular complexity index is 564. The van der Waals surface area contributed by atoms with Gasteiger partial charge in [-0.05, 0) is 19.9 Å². The van der Waals surface area contributed by atoms with Crippen molar-refractivity contribution in [3.63, 3.8) is 0 Å². The van der Waals surface area contributed by atoms with Crippen molar-refractivity contribution in [2.45, 2.75) is 26.3 Å². The van der Waals surface area contributed by atoms with Crippen molar-refractivity contribution in [3.8, 4) is 0 Å². The van der Waals surface area contributed by atoms with Crippen LogP contribution >= 0.6 is 0 Å². The lowest BCUT2D eigenvalue weighted by Gasteiger charge is -2.10. The minimum Gasteiger partial charge on any atom is -0.465 e. The van der Waals surface area contributed by atoms with E-state index in [1.54, 1.807) is 13.1 Å². The molecule has 2 rings (SSSR count). The average Bonchev–Trinajstić information content (AvgIpc) is 2.66. The summed E-state index contributed by atoms with van der Waals surface area (Å²) in [4.78, 5) is 20.0. The Morgan fingerprint density at radius 3 is 3.11 bits per heavy atom. The number of esters is 1. The van der Waals surface area contributed by atoms with Crippen molar-refractivity contribution < 1.29 is 9.53 Å². The second-order valence-electron chi connectivity index (χ2n) is 4.00. The van der Waals surface area contributed by atoms with Gasteiger partial charge in [0.25, 0.3) is 0 Å². The average molecular weight is 248 g/mol. The van der Waals surface area contributed by atoms with E-state index in [0.29, 0.717) is 18.8 Å². The number of fused-ring (bicyclic) bond motifs is 1. The van der Waals surface area contributed by atoms with Gasteiger partial charge in [0, 0.05) is 24.5 Å². The highest BCUT2D eigenvalue weighted by Crippen LogP contribution is 2.12. The summed E-state index contributed by atoms with van der Waals surface area (Å²) in [5.41, 5.74) is 7.53. The second kappa shape index (κ2) is 5.14. The number of hydrogen-bond acceptors (Lipinski definition) is 5. The maximum absolute atomic E-state index is 11.5. The van der Waals surface area contributed by atoms with Crippen LogP contribution < -0.4 is 5.73 Å². The molecule has 18 heavy (non-hydrogen) atoms. The highest BCUT2D eigenvalue weighted by Gasteiger charge is 2.19. The van der Waals surface area contributed by atoms with Crippen LogP contribution in [0.5, 0.6) is 0 Å². The molecule has 0 saturated heterocycles.